The molecule has 1 fully saturated rings. The minimum absolute atomic E-state index is 0.0109. The van der Waals surface area contributed by atoms with Gasteiger partial charge in [0.15, 0.2) is 9.03 Å². The van der Waals surface area contributed by atoms with E-state index < -0.39 is 15.1 Å². The predicted molar refractivity (Wildman–Crippen MR) is 111 cm³/mol. The van der Waals surface area contributed by atoms with Gasteiger partial charge in [-0.1, -0.05) is 78.6 Å². The molecule has 0 aliphatic heterocycles. The Bertz CT molecular complexity index is 406. The fraction of sp³-hybridized carbons (Fsp3) is 0.952. The molecule has 0 radical (unpaired) electrons. The number of aliphatic hydroxyl groups is 1. The summed E-state index contributed by atoms with van der Waals surface area (Å²) in [5.41, 5.74) is -0.336. The molecule has 1 saturated carbocycles. The Balaban J connectivity index is 2.53. The first-order chi connectivity index (χ1) is 13.0. The molecule has 1 aliphatic rings. The first-order valence-corrected chi connectivity index (χ1v) is 11.7. The molecule has 5 nitrogen and oxygen atoms in total. The molecule has 1 aliphatic carbocycles. The van der Waals surface area contributed by atoms with Crippen molar-refractivity contribution in [2.24, 2.45) is 17.3 Å². The molecule has 4 unspecified atom stereocenters. The largest absolute Gasteiger partial charge is 0.462 e. The number of rotatable bonds is 17. The molecule has 0 aromatic rings. The Morgan fingerprint density at radius 3 is 2.41 bits per heavy atom. The smallest absolute Gasteiger partial charge is 0.312 e. The van der Waals surface area contributed by atoms with Crippen LogP contribution in [0.5, 0.6) is 0 Å². The highest BCUT2D eigenvalue weighted by Crippen LogP contribution is 2.61. The lowest BCUT2D eigenvalue weighted by Gasteiger charge is -2.21. The number of hydrogen-bond donors (Lipinski definition) is 2. The van der Waals surface area contributed by atoms with E-state index in [0.717, 1.165) is 25.7 Å². The van der Waals surface area contributed by atoms with Crippen molar-refractivity contribution in [1.29, 1.82) is 0 Å². The van der Waals surface area contributed by atoms with E-state index in [0.29, 0.717) is 11.8 Å². The first kappa shape index (κ1) is 24.8. The van der Waals surface area contributed by atoms with Gasteiger partial charge in [0.1, 0.15) is 12.7 Å². The normalized spacial score (nSPS) is 24.3. The minimum Gasteiger partial charge on any atom is -0.462 e. The van der Waals surface area contributed by atoms with Gasteiger partial charge >= 0.3 is 5.97 Å². The van der Waals surface area contributed by atoms with E-state index in [4.69, 9.17) is 14.2 Å². The number of ether oxygens (including phenoxy) is 1. The van der Waals surface area contributed by atoms with Crippen LogP contribution in [-0.2, 0) is 14.1 Å². The Kier molecular flexibility index (Phi) is 12.8. The van der Waals surface area contributed by atoms with Gasteiger partial charge in [-0.05, 0) is 24.7 Å². The summed E-state index contributed by atoms with van der Waals surface area (Å²) in [5, 5.41) is 9.79. The molecule has 0 heterocycles. The number of carbonyl (C=O) groups excluding carboxylic acids is 1. The van der Waals surface area contributed by atoms with E-state index in [2.05, 4.69) is 20.8 Å². The topological polar surface area (TPSA) is 76.0 Å². The van der Waals surface area contributed by atoms with Gasteiger partial charge in [0, 0.05) is 0 Å². The van der Waals surface area contributed by atoms with Crippen LogP contribution in [-0.4, -0.2) is 35.3 Å². The number of esters is 1. The van der Waals surface area contributed by atoms with Gasteiger partial charge in [-0.3, -0.25) is 4.79 Å². The molecule has 0 amide bonds. The summed E-state index contributed by atoms with van der Waals surface area (Å²) in [6.45, 7) is 6.63. The standard InChI is InChI=1S/C21H41O5P/c1-4-6-8-10-12-17(3)19-14-21(19,13-11-9-7-5-2)20(23)25-15-18(22)16-26-27-24/h17-19,22,24,27H,4-16H2,1-3H3/t17?,18-,19?,21?/m1/s1. The average Bonchev–Trinajstić information content (AvgIpc) is 3.41. The van der Waals surface area contributed by atoms with Crippen LogP contribution in [0.1, 0.15) is 91.4 Å². The second-order valence-electron chi connectivity index (χ2n) is 8.26. The Hall–Kier alpha value is -0.220. The van der Waals surface area contributed by atoms with Crippen molar-refractivity contribution >= 4 is 15.0 Å². The van der Waals surface area contributed by atoms with Crippen LogP contribution < -0.4 is 0 Å². The quantitative estimate of drug-likeness (QED) is 0.203. The van der Waals surface area contributed by atoms with E-state index in [-0.39, 0.29) is 24.6 Å². The maximum absolute atomic E-state index is 12.8. The van der Waals surface area contributed by atoms with Crippen LogP contribution >= 0.6 is 9.03 Å². The van der Waals surface area contributed by atoms with Gasteiger partial charge in [0.05, 0.1) is 12.0 Å². The van der Waals surface area contributed by atoms with Crippen molar-refractivity contribution in [2.75, 3.05) is 13.2 Å². The maximum Gasteiger partial charge on any atom is 0.312 e. The van der Waals surface area contributed by atoms with Crippen LogP contribution in [0.2, 0.25) is 0 Å². The molecule has 27 heavy (non-hydrogen) atoms. The molecule has 5 atom stereocenters. The van der Waals surface area contributed by atoms with Crippen LogP contribution in [0.25, 0.3) is 0 Å². The summed E-state index contributed by atoms with van der Waals surface area (Å²) in [7, 11) is -0.658. The SMILES string of the molecule is CCCCCCC(C)C1CC1(CCCCCC)C(=O)OC[C@@H](O)COPO. The Morgan fingerprint density at radius 1 is 1.11 bits per heavy atom. The fourth-order valence-electron chi connectivity index (χ4n) is 4.16. The van der Waals surface area contributed by atoms with Gasteiger partial charge in [0.2, 0.25) is 0 Å². The van der Waals surface area contributed by atoms with Crippen LogP contribution in [0.3, 0.4) is 0 Å². The minimum atomic E-state index is -0.880. The molecule has 0 bridgehead atoms. The lowest BCUT2D eigenvalue weighted by molar-refractivity contribution is -0.155. The van der Waals surface area contributed by atoms with Crippen molar-refractivity contribution in [2.45, 2.75) is 97.5 Å². The molecule has 2 N–H and O–H groups in total. The maximum atomic E-state index is 12.8. The lowest BCUT2D eigenvalue weighted by Crippen LogP contribution is -2.28. The van der Waals surface area contributed by atoms with E-state index >= 15 is 0 Å². The summed E-state index contributed by atoms with van der Waals surface area (Å²) in [5.74, 6) is 0.819. The first-order valence-electron chi connectivity index (χ1n) is 10.9. The third-order valence-electron chi connectivity index (χ3n) is 5.96. The average molecular weight is 405 g/mol. The van der Waals surface area contributed by atoms with E-state index in [1.54, 1.807) is 0 Å². The highest BCUT2D eigenvalue weighted by molar-refractivity contribution is 7.24. The van der Waals surface area contributed by atoms with Crippen molar-refractivity contribution in [3.05, 3.63) is 0 Å². The molecule has 0 aromatic carbocycles. The van der Waals surface area contributed by atoms with Crippen LogP contribution in [0.15, 0.2) is 0 Å². The summed E-state index contributed by atoms with van der Waals surface area (Å²) in [4.78, 5) is 21.5. The monoisotopic (exact) mass is 404 g/mol. The van der Waals surface area contributed by atoms with Gasteiger partial charge in [-0.15, -0.1) is 0 Å². The van der Waals surface area contributed by atoms with Crippen molar-refractivity contribution in [1.82, 2.24) is 0 Å². The molecule has 1 rings (SSSR count). The molecule has 0 saturated heterocycles. The number of aliphatic hydroxyl groups excluding tert-OH is 1. The predicted octanol–water partition coefficient (Wildman–Crippen LogP) is 4.99. The van der Waals surface area contributed by atoms with Crippen molar-refractivity contribution < 1.29 is 24.1 Å². The van der Waals surface area contributed by atoms with Gasteiger partial charge in [0.25, 0.3) is 0 Å². The molecular weight excluding hydrogens is 363 g/mol. The lowest BCUT2D eigenvalue weighted by atomic mass is 9.88. The second kappa shape index (κ2) is 13.9. The molecule has 160 valence electrons. The van der Waals surface area contributed by atoms with Crippen LogP contribution in [0.4, 0.5) is 0 Å². The van der Waals surface area contributed by atoms with Crippen LogP contribution in [0, 0.1) is 17.3 Å². The Labute approximate surface area is 167 Å². The zero-order valence-corrected chi connectivity index (χ0v) is 18.5. The highest BCUT2D eigenvalue weighted by Gasteiger charge is 2.61. The van der Waals surface area contributed by atoms with Crippen molar-refractivity contribution in [3.8, 4) is 0 Å². The summed E-state index contributed by atoms with van der Waals surface area (Å²) >= 11 is 0. The Morgan fingerprint density at radius 2 is 1.78 bits per heavy atom. The van der Waals surface area contributed by atoms with Crippen molar-refractivity contribution in [3.63, 3.8) is 0 Å². The second-order valence-corrected chi connectivity index (χ2v) is 8.73. The van der Waals surface area contributed by atoms with E-state index in [9.17, 15) is 9.90 Å². The summed E-state index contributed by atoms with van der Waals surface area (Å²) in [6, 6.07) is 0. The molecule has 6 heteroatoms. The fourth-order valence-corrected chi connectivity index (χ4v) is 4.43. The summed E-state index contributed by atoms with van der Waals surface area (Å²) in [6.07, 6.45) is 11.8. The van der Waals surface area contributed by atoms with Gasteiger partial charge in [-0.2, -0.15) is 0 Å². The van der Waals surface area contributed by atoms with Gasteiger partial charge < -0.3 is 19.3 Å². The molecule has 0 aromatic heterocycles. The molecule has 0 spiro atoms. The zero-order valence-electron chi connectivity index (χ0n) is 17.5. The third-order valence-corrected chi connectivity index (χ3v) is 6.26. The zero-order chi connectivity index (χ0) is 20.1. The van der Waals surface area contributed by atoms with Gasteiger partial charge in [-0.25, -0.2) is 0 Å². The third kappa shape index (κ3) is 8.77. The number of unbranched alkanes of at least 4 members (excludes halogenated alkanes) is 6. The molecular formula is C21H41O5P. The number of hydrogen-bond acceptors (Lipinski definition) is 5. The van der Waals surface area contributed by atoms with E-state index in [1.807, 2.05) is 0 Å². The van der Waals surface area contributed by atoms with E-state index in [1.165, 1.54) is 44.9 Å². The summed E-state index contributed by atoms with van der Waals surface area (Å²) < 4.78 is 10.2. The highest BCUT2D eigenvalue weighted by atomic mass is 31.1. The number of carbonyl (C=O) groups is 1.